The average molecular weight is 819 g/mol. The molecule has 0 bridgehead atoms. The fourth-order valence-corrected chi connectivity index (χ4v) is 7.54. The monoisotopic (exact) mass is 818 g/mol. The number of rotatable bonds is 18. The summed E-state index contributed by atoms with van der Waals surface area (Å²) in [6.45, 7) is 10.6. The van der Waals surface area contributed by atoms with E-state index >= 15 is 0 Å². The third kappa shape index (κ3) is 9.61. The number of carbonyl (C=O) groups is 7. The molecule has 1 aromatic carbocycles. The van der Waals surface area contributed by atoms with E-state index < -0.39 is 77.7 Å². The smallest absolute Gasteiger partial charge is 0.355 e. The SMILES string of the molecule is CCc1c2c(nc3ccc(OC(=O)CCC(=O)N[C@H](CC(C)C)C(=O)O)cc13)-c1cc3c(c(=O)n1C2)COC(=O)[C@@]3(CC)OC(=O)CCC(=O)N[C@H](CC(C)C)C(=O)O. The molecule has 2 amide bonds. The van der Waals surface area contributed by atoms with E-state index in [0.29, 0.717) is 28.7 Å². The van der Waals surface area contributed by atoms with Crippen LogP contribution in [0, 0.1) is 11.8 Å². The van der Waals surface area contributed by atoms with Crippen LogP contribution < -0.4 is 20.9 Å². The molecule has 3 atom stereocenters. The van der Waals surface area contributed by atoms with E-state index in [0.717, 1.165) is 11.1 Å². The van der Waals surface area contributed by atoms with Gasteiger partial charge in [0.05, 0.1) is 41.9 Å². The number of aryl methyl sites for hydroxylation is 1. The van der Waals surface area contributed by atoms with E-state index in [4.69, 9.17) is 19.2 Å². The first-order valence-electron chi connectivity index (χ1n) is 19.8. The zero-order chi connectivity index (χ0) is 43.3. The standard InChI is InChI=1S/C42H50N4O13/c1-7-24-25-17-23(58-35(49)13-11-33(47)43-30(39(52)53)15-21(3)4)9-10-29(25)45-37-26(24)19-46-32(37)18-28-27(38(46)51)20-57-41(56)42(28,8-2)59-36(50)14-12-34(48)44-31(40(54)55)16-22(5)6/h9-10,17-18,21-22,30-31H,7-8,11-16,19-20H2,1-6H3,(H,43,47)(H,44,48)(H,52,53)(H,54,55)/t30-,31-,42+/m1/s1. The van der Waals surface area contributed by atoms with Crippen molar-refractivity contribution in [2.45, 2.75) is 124 Å². The zero-order valence-corrected chi connectivity index (χ0v) is 34.0. The number of cyclic esters (lactones) is 1. The molecule has 4 N–H and O–H groups in total. The van der Waals surface area contributed by atoms with Crippen molar-refractivity contribution in [1.82, 2.24) is 20.2 Å². The summed E-state index contributed by atoms with van der Waals surface area (Å²) in [7, 11) is 0. The summed E-state index contributed by atoms with van der Waals surface area (Å²) in [5, 5.41) is 24.4. The molecule has 3 aromatic rings. The van der Waals surface area contributed by atoms with Gasteiger partial charge in [0.2, 0.25) is 17.4 Å². The number of pyridine rings is 2. The minimum Gasteiger partial charge on any atom is -0.480 e. The number of nitrogens with one attached hydrogen (secondary N) is 2. The van der Waals surface area contributed by atoms with Crippen LogP contribution in [0.1, 0.15) is 109 Å². The first-order chi connectivity index (χ1) is 27.9. The largest absolute Gasteiger partial charge is 0.480 e. The van der Waals surface area contributed by atoms with E-state index in [1.165, 1.54) is 4.57 Å². The van der Waals surface area contributed by atoms with Crippen LogP contribution in [0.3, 0.4) is 0 Å². The highest BCUT2D eigenvalue weighted by Gasteiger charge is 2.50. The van der Waals surface area contributed by atoms with Crippen LogP contribution in [0.5, 0.6) is 5.75 Å². The van der Waals surface area contributed by atoms with Crippen LogP contribution in [-0.2, 0) is 68.2 Å². The molecule has 0 saturated carbocycles. The maximum Gasteiger partial charge on any atom is 0.355 e. The van der Waals surface area contributed by atoms with Crippen LogP contribution in [0.25, 0.3) is 22.3 Å². The molecule has 59 heavy (non-hydrogen) atoms. The van der Waals surface area contributed by atoms with Gasteiger partial charge >= 0.3 is 29.8 Å². The van der Waals surface area contributed by atoms with Gasteiger partial charge in [-0.15, -0.1) is 0 Å². The maximum atomic E-state index is 14.1. The number of carboxylic acids is 2. The number of aliphatic carboxylic acids is 2. The Labute approximate surface area is 339 Å². The number of benzene rings is 1. The predicted octanol–water partition coefficient (Wildman–Crippen LogP) is 3.89. The van der Waals surface area contributed by atoms with Crippen molar-refractivity contribution in [2.75, 3.05) is 0 Å². The van der Waals surface area contributed by atoms with Gasteiger partial charge in [-0.1, -0.05) is 41.5 Å². The van der Waals surface area contributed by atoms with Gasteiger partial charge in [0.1, 0.15) is 24.4 Å². The molecule has 0 radical (unpaired) electrons. The quantitative estimate of drug-likeness (QED) is 0.0822. The maximum absolute atomic E-state index is 14.1. The molecule has 0 fully saturated rings. The lowest BCUT2D eigenvalue weighted by molar-refractivity contribution is -0.189. The number of aromatic nitrogens is 2. The van der Waals surface area contributed by atoms with Gasteiger partial charge in [-0.05, 0) is 67.3 Å². The number of carboxylic acid groups (broad SMARTS) is 2. The van der Waals surface area contributed by atoms with E-state index in [2.05, 4.69) is 10.6 Å². The topological polar surface area (TPSA) is 247 Å². The minimum absolute atomic E-state index is 0.00928. The lowest BCUT2D eigenvalue weighted by atomic mass is 9.85. The average Bonchev–Trinajstić information content (AvgIpc) is 3.54. The Balaban J connectivity index is 1.37. The molecule has 0 unspecified atom stereocenters. The second-order valence-electron chi connectivity index (χ2n) is 15.6. The number of fused-ring (bicyclic) bond motifs is 5. The molecule has 0 spiro atoms. The second kappa shape index (κ2) is 18.2. The summed E-state index contributed by atoms with van der Waals surface area (Å²) in [4.78, 5) is 107. The Morgan fingerprint density at radius 2 is 1.44 bits per heavy atom. The van der Waals surface area contributed by atoms with Crippen molar-refractivity contribution >= 4 is 52.6 Å². The predicted molar refractivity (Wildman–Crippen MR) is 210 cm³/mol. The third-order valence-corrected chi connectivity index (χ3v) is 10.4. The molecule has 2 aliphatic rings. The summed E-state index contributed by atoms with van der Waals surface area (Å²) in [6.07, 6.45) is -0.579. The Morgan fingerprint density at radius 1 is 0.847 bits per heavy atom. The van der Waals surface area contributed by atoms with Crippen molar-refractivity contribution < 1.29 is 58.0 Å². The van der Waals surface area contributed by atoms with Gasteiger partial charge in [0, 0.05) is 29.4 Å². The van der Waals surface area contributed by atoms with Crippen molar-refractivity contribution in [3.63, 3.8) is 0 Å². The molecule has 5 rings (SSSR count). The number of carbonyl (C=O) groups excluding carboxylic acids is 5. The summed E-state index contributed by atoms with van der Waals surface area (Å²) >= 11 is 0. The molecule has 316 valence electrons. The summed E-state index contributed by atoms with van der Waals surface area (Å²) in [6, 6.07) is 4.26. The molecule has 17 heteroatoms. The van der Waals surface area contributed by atoms with Gasteiger partial charge in [-0.3, -0.25) is 24.0 Å². The molecule has 4 heterocycles. The molecule has 0 saturated heterocycles. The van der Waals surface area contributed by atoms with Crippen LogP contribution in [0.2, 0.25) is 0 Å². The van der Waals surface area contributed by atoms with Gasteiger partial charge in [0.25, 0.3) is 5.56 Å². The first kappa shape index (κ1) is 44.0. The number of hydrogen-bond donors (Lipinski definition) is 4. The van der Waals surface area contributed by atoms with E-state index in [9.17, 15) is 48.6 Å². The zero-order valence-electron chi connectivity index (χ0n) is 34.0. The molecule has 2 aliphatic heterocycles. The first-order valence-corrected chi connectivity index (χ1v) is 19.8. The fraction of sp³-hybridized carbons (Fsp3) is 0.500. The highest BCUT2D eigenvalue weighted by Crippen LogP contribution is 2.42. The second-order valence-corrected chi connectivity index (χ2v) is 15.6. The lowest BCUT2D eigenvalue weighted by Crippen LogP contribution is -2.47. The highest BCUT2D eigenvalue weighted by atomic mass is 16.6. The van der Waals surface area contributed by atoms with E-state index in [1.54, 1.807) is 31.2 Å². The van der Waals surface area contributed by atoms with Gasteiger partial charge < -0.3 is 39.6 Å². The van der Waals surface area contributed by atoms with Crippen molar-refractivity contribution in [3.05, 3.63) is 56.9 Å². The molecule has 2 aromatic heterocycles. The molecule has 17 nitrogen and oxygen atoms in total. The van der Waals surface area contributed by atoms with Crippen LogP contribution in [-0.4, -0.2) is 73.5 Å². The number of esters is 3. The summed E-state index contributed by atoms with van der Waals surface area (Å²) in [5.41, 5.74) is 0.733. The van der Waals surface area contributed by atoms with Gasteiger partial charge in [-0.25, -0.2) is 19.4 Å². The number of nitrogens with zero attached hydrogens (tertiary/aromatic N) is 2. The van der Waals surface area contributed by atoms with Gasteiger partial charge in [-0.2, -0.15) is 0 Å². The minimum atomic E-state index is -2.00. The number of hydrogen-bond acceptors (Lipinski definition) is 12. The number of ether oxygens (including phenoxy) is 3. The molecule has 0 aliphatic carbocycles. The van der Waals surface area contributed by atoms with Crippen molar-refractivity contribution in [1.29, 1.82) is 0 Å². The Bertz CT molecular complexity index is 2260. The summed E-state index contributed by atoms with van der Waals surface area (Å²) in [5.74, 6) is -5.89. The third-order valence-electron chi connectivity index (χ3n) is 10.4. The van der Waals surface area contributed by atoms with Crippen LogP contribution in [0.15, 0.2) is 29.1 Å². The highest BCUT2D eigenvalue weighted by molar-refractivity contribution is 5.92. The number of amides is 2. The van der Waals surface area contributed by atoms with E-state index in [-0.39, 0.29) is 74.0 Å². The van der Waals surface area contributed by atoms with Crippen molar-refractivity contribution in [3.8, 4) is 17.1 Å². The normalized spacial score (nSPS) is 16.4. The van der Waals surface area contributed by atoms with Crippen molar-refractivity contribution in [2.24, 2.45) is 11.8 Å². The molecular weight excluding hydrogens is 768 g/mol. The van der Waals surface area contributed by atoms with Gasteiger partial charge in [0.15, 0.2) is 0 Å². The van der Waals surface area contributed by atoms with Crippen LogP contribution in [0.4, 0.5) is 0 Å². The Morgan fingerprint density at radius 3 is 1.98 bits per heavy atom. The summed E-state index contributed by atoms with van der Waals surface area (Å²) < 4.78 is 18.3. The fourth-order valence-electron chi connectivity index (χ4n) is 7.54. The Kier molecular flexibility index (Phi) is 13.6. The van der Waals surface area contributed by atoms with Crippen LogP contribution >= 0.6 is 0 Å². The van der Waals surface area contributed by atoms with E-state index in [1.807, 2.05) is 34.6 Å². The lowest BCUT2D eigenvalue weighted by Gasteiger charge is -2.35. The Hall–Kier alpha value is -6.13. The molecular formula is C42H50N4O13.